The molecule has 1 aliphatic carbocycles. The van der Waals surface area contributed by atoms with Crippen LogP contribution >= 0.6 is 0 Å². The summed E-state index contributed by atoms with van der Waals surface area (Å²) >= 11 is 0. The van der Waals surface area contributed by atoms with Gasteiger partial charge in [0.25, 0.3) is 5.91 Å². The largest absolute Gasteiger partial charge is 0.508 e. The van der Waals surface area contributed by atoms with E-state index in [9.17, 15) is 19.8 Å². The van der Waals surface area contributed by atoms with Crippen LogP contribution in [-0.2, 0) is 27.4 Å². The molecule has 0 bridgehead atoms. The number of phenols is 1. The van der Waals surface area contributed by atoms with Gasteiger partial charge in [0.05, 0.1) is 0 Å². The number of nitrogens with one attached hydrogen (secondary N) is 2. The quantitative estimate of drug-likeness (QED) is 0.162. The number of rotatable bonds is 13. The van der Waals surface area contributed by atoms with Crippen LogP contribution in [0.25, 0.3) is 0 Å². The molecule has 44 heavy (non-hydrogen) atoms. The van der Waals surface area contributed by atoms with E-state index in [-0.39, 0.29) is 18.3 Å². The Kier molecular flexibility index (Phi) is 11.8. The van der Waals surface area contributed by atoms with Crippen LogP contribution in [0.4, 0.5) is 11.4 Å². The molecule has 0 heterocycles. The number of hydrogen-bond acceptors (Lipinski definition) is 7. The van der Waals surface area contributed by atoms with E-state index in [1.54, 1.807) is 31.2 Å². The molecule has 0 aliphatic heterocycles. The molecule has 9 nitrogen and oxygen atoms in total. The smallest absolute Gasteiger partial charge is 0.281 e. The summed E-state index contributed by atoms with van der Waals surface area (Å²) in [6.07, 6.45) is 4.70. The van der Waals surface area contributed by atoms with E-state index < -0.39 is 12.2 Å². The van der Waals surface area contributed by atoms with Crippen molar-refractivity contribution in [2.45, 2.75) is 79.2 Å². The van der Waals surface area contributed by atoms with E-state index in [0.29, 0.717) is 36.2 Å². The summed E-state index contributed by atoms with van der Waals surface area (Å²) in [5, 5.41) is 26.2. The van der Waals surface area contributed by atoms with Crippen LogP contribution < -0.4 is 15.4 Å². The molecule has 1 aliphatic rings. The lowest BCUT2D eigenvalue weighted by molar-refractivity contribution is -0.151. The molecular weight excluding hydrogens is 558 g/mol. The molecule has 2 amide bonds. The molecule has 1 atom stereocenters. The minimum absolute atomic E-state index is 0.0975. The molecule has 1 unspecified atom stereocenters. The van der Waals surface area contributed by atoms with Crippen LogP contribution in [0.1, 0.15) is 68.2 Å². The van der Waals surface area contributed by atoms with Crippen molar-refractivity contribution in [3.05, 3.63) is 76.9 Å². The molecule has 236 valence electrons. The van der Waals surface area contributed by atoms with Gasteiger partial charge in [-0.2, -0.15) is 0 Å². The van der Waals surface area contributed by atoms with E-state index >= 15 is 0 Å². The number of carbonyl (C=O) groups is 2. The third-order valence-electron chi connectivity index (χ3n) is 7.86. The minimum Gasteiger partial charge on any atom is -0.508 e. The fourth-order valence-electron chi connectivity index (χ4n) is 5.81. The summed E-state index contributed by atoms with van der Waals surface area (Å²) in [6, 6.07) is 16.8. The van der Waals surface area contributed by atoms with Crippen LogP contribution in [-0.4, -0.2) is 46.4 Å². The highest BCUT2D eigenvalue weighted by atomic mass is 16.6. The first-order chi connectivity index (χ1) is 21.1. The summed E-state index contributed by atoms with van der Waals surface area (Å²) in [5.41, 5.74) is 4.83. The number of aliphatic hydroxyl groups is 1. The van der Waals surface area contributed by atoms with Gasteiger partial charge in [0.2, 0.25) is 12.2 Å². The van der Waals surface area contributed by atoms with Crippen molar-refractivity contribution in [3.8, 4) is 17.2 Å². The van der Waals surface area contributed by atoms with E-state index in [4.69, 9.17) is 9.47 Å². The van der Waals surface area contributed by atoms with Gasteiger partial charge in [0, 0.05) is 50.1 Å². The van der Waals surface area contributed by atoms with Crippen molar-refractivity contribution in [2.75, 3.05) is 23.8 Å². The third kappa shape index (κ3) is 9.54. The number of aliphatic hydroxyl groups excluding tert-OH is 1. The van der Waals surface area contributed by atoms with E-state index in [1.165, 1.54) is 39.0 Å². The molecule has 9 heteroatoms. The van der Waals surface area contributed by atoms with Gasteiger partial charge in [-0.05, 0) is 98.7 Å². The molecule has 3 aromatic carbocycles. The molecule has 0 radical (unpaired) electrons. The van der Waals surface area contributed by atoms with Crippen molar-refractivity contribution in [1.82, 2.24) is 4.90 Å². The highest BCUT2D eigenvalue weighted by Crippen LogP contribution is 2.34. The van der Waals surface area contributed by atoms with Crippen molar-refractivity contribution >= 4 is 23.2 Å². The maximum absolute atomic E-state index is 12.2. The Balaban J connectivity index is 1.50. The zero-order valence-electron chi connectivity index (χ0n) is 26.2. The molecule has 4 N–H and O–H groups in total. The Morgan fingerprint density at radius 1 is 0.932 bits per heavy atom. The van der Waals surface area contributed by atoms with Crippen LogP contribution in [0.2, 0.25) is 0 Å². The molecule has 0 spiro atoms. The second-order valence-corrected chi connectivity index (χ2v) is 11.7. The van der Waals surface area contributed by atoms with Crippen molar-refractivity contribution in [3.63, 3.8) is 0 Å². The lowest BCUT2D eigenvalue weighted by atomic mass is 9.88. The Morgan fingerprint density at radius 3 is 2.25 bits per heavy atom. The zero-order chi connectivity index (χ0) is 31.6. The molecule has 1 fully saturated rings. The van der Waals surface area contributed by atoms with Gasteiger partial charge < -0.3 is 30.3 Å². The first-order valence-corrected chi connectivity index (χ1v) is 15.4. The fraction of sp³-hybridized carbons (Fsp3) is 0.429. The van der Waals surface area contributed by atoms with Crippen molar-refractivity contribution in [2.24, 2.45) is 5.92 Å². The molecule has 0 saturated heterocycles. The number of amides is 2. The van der Waals surface area contributed by atoms with Gasteiger partial charge in [0.1, 0.15) is 17.2 Å². The second kappa shape index (κ2) is 15.7. The molecule has 3 aromatic rings. The second-order valence-electron chi connectivity index (χ2n) is 11.7. The molecular formula is C35H45N3O6. The van der Waals surface area contributed by atoms with Crippen molar-refractivity contribution < 1.29 is 29.3 Å². The minimum atomic E-state index is -1.53. The topological polar surface area (TPSA) is 120 Å². The maximum atomic E-state index is 12.2. The predicted octanol–water partition coefficient (Wildman–Crippen LogP) is 6.64. The van der Waals surface area contributed by atoms with Crippen LogP contribution in [0, 0.1) is 19.8 Å². The summed E-state index contributed by atoms with van der Waals surface area (Å²) in [5.74, 6) is 1.35. The zero-order valence-corrected chi connectivity index (χ0v) is 26.2. The highest BCUT2D eigenvalue weighted by Gasteiger charge is 2.20. The van der Waals surface area contributed by atoms with Gasteiger partial charge in [-0.15, -0.1) is 0 Å². The van der Waals surface area contributed by atoms with Crippen LogP contribution in [0.15, 0.2) is 54.6 Å². The average molecular weight is 604 g/mol. The number of ether oxygens (including phenoxy) is 2. The van der Waals surface area contributed by atoms with Gasteiger partial charge in [-0.25, -0.2) is 0 Å². The Bertz CT molecular complexity index is 1400. The Labute approximate surface area is 260 Å². The Morgan fingerprint density at radius 2 is 1.61 bits per heavy atom. The normalized spacial score (nSPS) is 14.3. The standard InChI is InChI=1S/C35H45N3O6/c1-5-43-35(42)34(41)37-30-17-23(2)33(24(3)18-30)44-31-15-16-32(40)28(19-31)22-38(20-26-9-7-6-8-10-26)21-27-11-13-29(14-12-27)36-25(4)39/h11-19,26,35,40,42H,5-10,20-22H2,1-4H3,(H,36,39)(H,37,41). The number of nitrogens with zero attached hydrogens (tertiary/aromatic N) is 1. The SMILES string of the molecule is CCOC(O)C(=O)Nc1cc(C)c(Oc2ccc(O)c(CN(Cc3ccc(NC(C)=O)cc3)CC3CCCCC3)c2)c(C)c1. The number of aryl methyl sites for hydroxylation is 2. The van der Waals surface area contributed by atoms with Gasteiger partial charge >= 0.3 is 0 Å². The fourth-order valence-corrected chi connectivity index (χ4v) is 5.81. The first-order valence-electron chi connectivity index (χ1n) is 15.4. The average Bonchev–Trinajstić information content (AvgIpc) is 2.98. The van der Waals surface area contributed by atoms with E-state index in [0.717, 1.165) is 34.5 Å². The Hall–Kier alpha value is -3.92. The van der Waals surface area contributed by atoms with Crippen molar-refractivity contribution in [1.29, 1.82) is 0 Å². The third-order valence-corrected chi connectivity index (χ3v) is 7.86. The van der Waals surface area contributed by atoms with Gasteiger partial charge in [0.15, 0.2) is 0 Å². The number of hydrogen-bond donors (Lipinski definition) is 4. The number of carbonyl (C=O) groups excluding carboxylic acids is 2. The van der Waals surface area contributed by atoms with E-state index in [2.05, 4.69) is 15.5 Å². The number of benzene rings is 3. The molecule has 1 saturated carbocycles. The van der Waals surface area contributed by atoms with Gasteiger partial charge in [-0.3, -0.25) is 14.5 Å². The van der Waals surface area contributed by atoms with Gasteiger partial charge in [-0.1, -0.05) is 31.4 Å². The van der Waals surface area contributed by atoms with Crippen LogP contribution in [0.5, 0.6) is 17.2 Å². The summed E-state index contributed by atoms with van der Waals surface area (Å²) in [4.78, 5) is 26.0. The van der Waals surface area contributed by atoms with E-state index in [1.807, 2.05) is 44.2 Å². The molecule has 4 rings (SSSR count). The number of anilines is 2. The molecule has 0 aromatic heterocycles. The lowest BCUT2D eigenvalue weighted by Gasteiger charge is -2.30. The summed E-state index contributed by atoms with van der Waals surface area (Å²) in [7, 11) is 0. The highest BCUT2D eigenvalue weighted by molar-refractivity contribution is 5.93. The first kappa shape index (κ1) is 33.0. The summed E-state index contributed by atoms with van der Waals surface area (Å²) < 4.78 is 11.3. The number of aromatic hydroxyl groups is 1. The monoisotopic (exact) mass is 603 g/mol. The summed E-state index contributed by atoms with van der Waals surface area (Å²) in [6.45, 7) is 9.40. The lowest BCUT2D eigenvalue weighted by Crippen LogP contribution is -2.30. The number of phenolic OH excluding ortho intramolecular Hbond substituents is 1. The van der Waals surface area contributed by atoms with Crippen LogP contribution in [0.3, 0.4) is 0 Å². The predicted molar refractivity (Wildman–Crippen MR) is 172 cm³/mol. The maximum Gasteiger partial charge on any atom is 0.281 e.